The lowest BCUT2D eigenvalue weighted by molar-refractivity contribution is 0.0956. The van der Waals surface area contributed by atoms with E-state index in [0.717, 1.165) is 18.4 Å². The Balaban J connectivity index is 1.95. The van der Waals surface area contributed by atoms with Gasteiger partial charge in [0, 0.05) is 12.3 Å². The normalized spacial score (nSPS) is 26.2. The summed E-state index contributed by atoms with van der Waals surface area (Å²) in [4.78, 5) is 16.1. The summed E-state index contributed by atoms with van der Waals surface area (Å²) in [6.45, 7) is 3.85. The van der Waals surface area contributed by atoms with Crippen LogP contribution in [0.3, 0.4) is 0 Å². The lowest BCUT2D eigenvalue weighted by atomic mass is 10.0. The average Bonchev–Trinajstić information content (AvgIpc) is 3.12. The molecule has 1 aliphatic carbocycles. The third-order valence-corrected chi connectivity index (χ3v) is 3.91. The van der Waals surface area contributed by atoms with E-state index in [1.165, 1.54) is 0 Å². The molecular formula is C15H18FN3O. The Kier molecular flexibility index (Phi) is 3.28. The summed E-state index contributed by atoms with van der Waals surface area (Å²) in [6, 6.07) is -0.158. The van der Waals surface area contributed by atoms with E-state index in [0.29, 0.717) is 12.2 Å². The second-order valence-corrected chi connectivity index (χ2v) is 5.38. The minimum Gasteiger partial charge on any atom is -0.290 e. The van der Waals surface area contributed by atoms with Crippen LogP contribution in [0.15, 0.2) is 23.8 Å². The predicted molar refractivity (Wildman–Crippen MR) is 73.2 cm³/mol. The number of halogens is 1. The molecule has 1 aromatic rings. The zero-order valence-electron chi connectivity index (χ0n) is 11.7. The van der Waals surface area contributed by atoms with Gasteiger partial charge in [0.2, 0.25) is 11.6 Å². The maximum absolute atomic E-state index is 14.1. The van der Waals surface area contributed by atoms with Gasteiger partial charge in [-0.3, -0.25) is 4.79 Å². The third kappa shape index (κ3) is 2.11. The Morgan fingerprint density at radius 2 is 2.15 bits per heavy atom. The third-order valence-electron chi connectivity index (χ3n) is 3.91. The molecule has 0 spiro atoms. The van der Waals surface area contributed by atoms with E-state index >= 15 is 0 Å². The van der Waals surface area contributed by atoms with Gasteiger partial charge in [-0.05, 0) is 32.3 Å². The second-order valence-electron chi connectivity index (χ2n) is 5.38. The van der Waals surface area contributed by atoms with E-state index < -0.39 is 6.17 Å². The summed E-state index contributed by atoms with van der Waals surface area (Å²) in [5.74, 6) is 0.505. The van der Waals surface area contributed by atoms with Crippen LogP contribution < -0.4 is 0 Å². The highest BCUT2D eigenvalue weighted by molar-refractivity contribution is 5.95. The van der Waals surface area contributed by atoms with E-state index in [9.17, 15) is 9.18 Å². The predicted octanol–water partition coefficient (Wildman–Crippen LogP) is 3.35. The fraction of sp³-hybridized carbons (Fsp3) is 0.533. The molecule has 4 nitrogen and oxygen atoms in total. The van der Waals surface area contributed by atoms with Gasteiger partial charge in [-0.15, -0.1) is 5.10 Å². The summed E-state index contributed by atoms with van der Waals surface area (Å²) in [7, 11) is 0. The quantitative estimate of drug-likeness (QED) is 0.625. The molecule has 5 heteroatoms. The lowest BCUT2D eigenvalue weighted by Gasteiger charge is -2.12. The van der Waals surface area contributed by atoms with Crippen LogP contribution in [0.2, 0.25) is 0 Å². The molecule has 106 valence electrons. The second kappa shape index (κ2) is 4.96. The van der Waals surface area contributed by atoms with Crippen LogP contribution in [0.5, 0.6) is 0 Å². The van der Waals surface area contributed by atoms with Crippen LogP contribution in [-0.2, 0) is 0 Å². The molecule has 2 atom stereocenters. The van der Waals surface area contributed by atoms with Crippen molar-refractivity contribution in [3.05, 3.63) is 35.4 Å². The number of Topliss-reactive ketones (excluding diaryl/α,β-unsaturated/α-hetero) is 1. The van der Waals surface area contributed by atoms with E-state index in [-0.39, 0.29) is 23.6 Å². The van der Waals surface area contributed by atoms with Crippen molar-refractivity contribution in [2.45, 2.75) is 45.3 Å². The summed E-state index contributed by atoms with van der Waals surface area (Å²) in [5.41, 5.74) is 1.00. The molecule has 0 aromatic carbocycles. The monoisotopic (exact) mass is 275 g/mol. The van der Waals surface area contributed by atoms with Gasteiger partial charge in [-0.2, -0.15) is 0 Å². The molecule has 0 bridgehead atoms. The number of rotatable bonds is 4. The molecular weight excluding hydrogens is 257 g/mol. The molecule has 1 saturated carbocycles. The Labute approximate surface area is 117 Å². The van der Waals surface area contributed by atoms with E-state index in [1.54, 1.807) is 4.68 Å². The van der Waals surface area contributed by atoms with Crippen LogP contribution in [0.1, 0.15) is 61.8 Å². The number of hydrogen-bond acceptors (Lipinski definition) is 3. The molecule has 1 fully saturated rings. The van der Waals surface area contributed by atoms with E-state index in [1.807, 2.05) is 32.1 Å². The standard InChI is InChI=1S/C15H18FN3O/c1-3-5-9(4-2)12-8-11(16)15-17-14(18-19(12)15)13(20)10-6-7-10/h3-5,10-12H,6-8H2,1-2H3/b5-3-,9-4+/t11-,12+/m0/s1. The van der Waals surface area contributed by atoms with Gasteiger partial charge < -0.3 is 0 Å². The van der Waals surface area contributed by atoms with Crippen molar-refractivity contribution in [2.75, 3.05) is 0 Å². The lowest BCUT2D eigenvalue weighted by Crippen LogP contribution is -2.10. The molecule has 1 aliphatic heterocycles. The molecule has 0 radical (unpaired) electrons. The maximum Gasteiger partial charge on any atom is 0.217 e. The number of hydrogen-bond donors (Lipinski definition) is 0. The van der Waals surface area contributed by atoms with Gasteiger partial charge in [0.25, 0.3) is 0 Å². The van der Waals surface area contributed by atoms with Crippen molar-refractivity contribution in [1.82, 2.24) is 14.8 Å². The number of ketones is 1. The largest absolute Gasteiger partial charge is 0.290 e. The summed E-state index contributed by atoms with van der Waals surface area (Å²) >= 11 is 0. The van der Waals surface area contributed by atoms with Gasteiger partial charge in [0.1, 0.15) is 0 Å². The molecule has 1 aromatic heterocycles. The number of allylic oxidation sites excluding steroid dienone is 4. The first kappa shape index (κ1) is 13.2. The molecule has 2 aliphatic rings. The number of carbonyl (C=O) groups is 1. The first-order chi connectivity index (χ1) is 9.65. The topological polar surface area (TPSA) is 47.8 Å². The highest BCUT2D eigenvalue weighted by Crippen LogP contribution is 2.40. The number of nitrogens with zero attached hydrogens (tertiary/aromatic N) is 3. The van der Waals surface area contributed by atoms with Gasteiger partial charge >= 0.3 is 0 Å². The first-order valence-corrected chi connectivity index (χ1v) is 7.09. The number of alkyl halides is 1. The fourth-order valence-corrected chi connectivity index (χ4v) is 2.68. The van der Waals surface area contributed by atoms with Crippen LogP contribution in [0.25, 0.3) is 0 Å². The Morgan fingerprint density at radius 3 is 2.75 bits per heavy atom. The van der Waals surface area contributed by atoms with Crippen LogP contribution in [0, 0.1) is 5.92 Å². The van der Waals surface area contributed by atoms with Gasteiger partial charge in [-0.1, -0.05) is 18.2 Å². The number of aromatic nitrogens is 3. The highest BCUT2D eigenvalue weighted by Gasteiger charge is 2.39. The number of carbonyl (C=O) groups excluding carboxylic acids is 1. The van der Waals surface area contributed by atoms with Crippen LogP contribution in [-0.4, -0.2) is 20.5 Å². The molecule has 0 N–H and O–H groups in total. The fourth-order valence-electron chi connectivity index (χ4n) is 2.68. The minimum absolute atomic E-state index is 0.0362. The molecule has 3 rings (SSSR count). The SMILES string of the molecule is C/C=C\C(=C/C)[C@H]1C[C@H](F)c2nc(C(=O)C3CC3)nn21. The molecule has 20 heavy (non-hydrogen) atoms. The average molecular weight is 275 g/mol. The van der Waals surface area contributed by atoms with Gasteiger partial charge in [0.05, 0.1) is 6.04 Å². The first-order valence-electron chi connectivity index (χ1n) is 7.09. The Bertz CT molecular complexity index is 598. The van der Waals surface area contributed by atoms with Crippen molar-refractivity contribution in [2.24, 2.45) is 5.92 Å². The minimum atomic E-state index is -1.14. The van der Waals surface area contributed by atoms with Crippen molar-refractivity contribution >= 4 is 5.78 Å². The zero-order valence-corrected chi connectivity index (χ0v) is 11.7. The van der Waals surface area contributed by atoms with E-state index in [4.69, 9.17) is 0 Å². The smallest absolute Gasteiger partial charge is 0.217 e. The molecule has 2 heterocycles. The van der Waals surface area contributed by atoms with Crippen LogP contribution in [0.4, 0.5) is 4.39 Å². The molecule has 0 saturated heterocycles. The molecule has 0 unspecified atom stereocenters. The van der Waals surface area contributed by atoms with Gasteiger partial charge in [0.15, 0.2) is 12.0 Å². The number of fused-ring (bicyclic) bond motifs is 1. The van der Waals surface area contributed by atoms with E-state index in [2.05, 4.69) is 10.1 Å². The molecule has 0 amide bonds. The Hall–Kier alpha value is -1.78. The van der Waals surface area contributed by atoms with Crippen molar-refractivity contribution in [1.29, 1.82) is 0 Å². The van der Waals surface area contributed by atoms with Crippen LogP contribution >= 0.6 is 0 Å². The summed E-state index contributed by atoms with van der Waals surface area (Å²) in [6.07, 6.45) is 6.85. The van der Waals surface area contributed by atoms with Gasteiger partial charge in [-0.25, -0.2) is 14.1 Å². The zero-order chi connectivity index (χ0) is 14.3. The summed E-state index contributed by atoms with van der Waals surface area (Å²) in [5, 5.41) is 4.28. The van der Waals surface area contributed by atoms with Crippen molar-refractivity contribution in [3.8, 4) is 0 Å². The summed E-state index contributed by atoms with van der Waals surface area (Å²) < 4.78 is 15.7. The highest BCUT2D eigenvalue weighted by atomic mass is 19.1. The van der Waals surface area contributed by atoms with Crippen molar-refractivity contribution < 1.29 is 9.18 Å². The van der Waals surface area contributed by atoms with Crippen molar-refractivity contribution in [3.63, 3.8) is 0 Å². The Morgan fingerprint density at radius 1 is 1.40 bits per heavy atom. The maximum atomic E-state index is 14.1.